The van der Waals surface area contributed by atoms with Crippen LogP contribution in [0.4, 0.5) is 0 Å². The summed E-state index contributed by atoms with van der Waals surface area (Å²) in [6.45, 7) is 0.210. The highest BCUT2D eigenvalue weighted by molar-refractivity contribution is 7.87. The van der Waals surface area contributed by atoms with Gasteiger partial charge < -0.3 is 5.32 Å². The Hall–Kier alpha value is -1.48. The number of carbonyl (C=O) groups excluding carboxylic acids is 1. The molecule has 0 bridgehead atoms. The Morgan fingerprint density at radius 3 is 2.68 bits per heavy atom. The Balaban J connectivity index is 1.94. The van der Waals surface area contributed by atoms with Gasteiger partial charge in [0.05, 0.1) is 19.2 Å². The number of nitrogens with one attached hydrogen (secondary N) is 2. The normalized spacial score (nSPS) is 20.4. The lowest BCUT2D eigenvalue weighted by molar-refractivity contribution is -0.0300. The zero-order chi connectivity index (χ0) is 13.9. The lowest BCUT2D eigenvalue weighted by Crippen LogP contribution is -2.41. The van der Waals surface area contributed by atoms with Gasteiger partial charge in [0.2, 0.25) is 0 Å². The molecule has 104 valence electrons. The summed E-state index contributed by atoms with van der Waals surface area (Å²) < 4.78 is 25.9. The summed E-state index contributed by atoms with van der Waals surface area (Å²) in [6, 6.07) is 8.35. The molecule has 0 saturated carbocycles. The zero-order valence-corrected chi connectivity index (χ0v) is 11.2. The Labute approximate surface area is 111 Å². The van der Waals surface area contributed by atoms with Crippen molar-refractivity contribution in [1.29, 1.82) is 0 Å². The summed E-state index contributed by atoms with van der Waals surface area (Å²) in [6.07, 6.45) is 0. The molecule has 1 aliphatic heterocycles. The van der Waals surface area contributed by atoms with Gasteiger partial charge in [0.25, 0.3) is 5.91 Å². The number of nitrogens with zero attached hydrogens (tertiary/aromatic N) is 1. The third-order valence-electron chi connectivity index (χ3n) is 2.69. The number of hydrogen-bond donors (Lipinski definition) is 2. The molecule has 0 aliphatic carbocycles. The second-order valence-corrected chi connectivity index (χ2v) is 5.79. The van der Waals surface area contributed by atoms with Crippen LogP contribution in [0.5, 0.6) is 0 Å². The van der Waals surface area contributed by atoms with E-state index in [1.807, 2.05) is 6.07 Å². The fourth-order valence-electron chi connectivity index (χ4n) is 1.67. The monoisotopic (exact) mass is 285 g/mol. The van der Waals surface area contributed by atoms with Gasteiger partial charge in [-0.05, 0) is 12.1 Å². The molecule has 1 aromatic rings. The fourth-order valence-corrected chi connectivity index (χ4v) is 2.45. The summed E-state index contributed by atoms with van der Waals surface area (Å²) in [7, 11) is -2.32. The summed E-state index contributed by atoms with van der Waals surface area (Å²) in [5.74, 6) is -0.252. The van der Waals surface area contributed by atoms with Crippen molar-refractivity contribution < 1.29 is 18.0 Å². The molecule has 7 nitrogen and oxygen atoms in total. The molecule has 1 heterocycles. The second kappa shape index (κ2) is 5.66. The van der Waals surface area contributed by atoms with Gasteiger partial charge >= 0.3 is 10.2 Å². The van der Waals surface area contributed by atoms with Crippen molar-refractivity contribution in [2.75, 3.05) is 20.2 Å². The van der Waals surface area contributed by atoms with E-state index in [0.29, 0.717) is 5.56 Å². The van der Waals surface area contributed by atoms with Crippen LogP contribution in [0.15, 0.2) is 30.3 Å². The third kappa shape index (κ3) is 3.29. The minimum absolute atomic E-state index is 0.0851. The van der Waals surface area contributed by atoms with Crippen molar-refractivity contribution in [1.82, 2.24) is 14.5 Å². The number of rotatable bonds is 4. The number of amides is 1. The van der Waals surface area contributed by atoms with Crippen LogP contribution >= 0.6 is 0 Å². The highest BCUT2D eigenvalue weighted by atomic mass is 32.2. The number of hydrogen-bond acceptors (Lipinski definition) is 4. The zero-order valence-electron chi connectivity index (χ0n) is 10.4. The molecule has 0 aromatic heterocycles. The maximum atomic E-state index is 11.9. The highest BCUT2D eigenvalue weighted by Crippen LogP contribution is 2.10. The van der Waals surface area contributed by atoms with Crippen LogP contribution in [0.2, 0.25) is 0 Å². The van der Waals surface area contributed by atoms with Crippen LogP contribution in [0.1, 0.15) is 10.4 Å². The minimum atomic E-state index is -3.62. The molecule has 1 atom stereocenters. The standard InChI is InChI=1S/C11H15N3O4S/c1-12-19(16,17)14-7-10(8-18-14)13-11(15)9-5-3-2-4-6-9/h2-6,10,12H,7-8H2,1H3,(H,13,15)/t10-/m1/s1. The maximum Gasteiger partial charge on any atom is 0.301 e. The summed E-state index contributed by atoms with van der Waals surface area (Å²) >= 11 is 0. The summed E-state index contributed by atoms with van der Waals surface area (Å²) in [4.78, 5) is 16.9. The molecule has 1 saturated heterocycles. The van der Waals surface area contributed by atoms with Gasteiger partial charge in [0.1, 0.15) is 0 Å². The smallest absolute Gasteiger partial charge is 0.301 e. The van der Waals surface area contributed by atoms with Crippen LogP contribution in [0, 0.1) is 0 Å². The Morgan fingerprint density at radius 1 is 1.37 bits per heavy atom. The van der Waals surface area contributed by atoms with Crippen molar-refractivity contribution >= 4 is 16.1 Å². The quantitative estimate of drug-likeness (QED) is 0.780. The van der Waals surface area contributed by atoms with Crippen LogP contribution in [0.25, 0.3) is 0 Å². The second-order valence-electron chi connectivity index (χ2n) is 4.03. The van der Waals surface area contributed by atoms with E-state index in [1.54, 1.807) is 24.3 Å². The summed E-state index contributed by atoms with van der Waals surface area (Å²) in [5, 5.41) is 2.72. The molecular formula is C11H15N3O4S. The molecule has 0 radical (unpaired) electrons. The first kappa shape index (κ1) is 13.9. The largest absolute Gasteiger partial charge is 0.345 e. The predicted octanol–water partition coefficient (Wildman–Crippen LogP) is -0.504. The topological polar surface area (TPSA) is 87.7 Å². The van der Waals surface area contributed by atoms with E-state index >= 15 is 0 Å². The summed E-state index contributed by atoms with van der Waals surface area (Å²) in [5.41, 5.74) is 0.525. The first-order chi connectivity index (χ1) is 9.03. The number of benzene rings is 1. The third-order valence-corrected chi connectivity index (χ3v) is 3.99. The van der Waals surface area contributed by atoms with Crippen LogP contribution in [-0.4, -0.2) is 45.0 Å². The molecule has 0 spiro atoms. The molecule has 1 aliphatic rings. The molecule has 1 fully saturated rings. The Bertz CT molecular complexity index is 546. The van der Waals surface area contributed by atoms with E-state index in [-0.39, 0.29) is 25.1 Å². The molecular weight excluding hydrogens is 270 g/mol. The first-order valence-electron chi connectivity index (χ1n) is 5.73. The molecule has 2 N–H and O–H groups in total. The molecule has 1 aromatic carbocycles. The lowest BCUT2D eigenvalue weighted by atomic mass is 10.2. The van der Waals surface area contributed by atoms with Crippen molar-refractivity contribution in [3.8, 4) is 0 Å². The van der Waals surface area contributed by atoms with Gasteiger partial charge in [0.15, 0.2) is 0 Å². The van der Waals surface area contributed by atoms with E-state index in [4.69, 9.17) is 4.84 Å². The van der Waals surface area contributed by atoms with Gasteiger partial charge in [-0.2, -0.15) is 8.42 Å². The van der Waals surface area contributed by atoms with Gasteiger partial charge in [0, 0.05) is 12.6 Å². The van der Waals surface area contributed by atoms with Crippen molar-refractivity contribution in [3.05, 3.63) is 35.9 Å². The SMILES string of the molecule is CNS(=O)(=O)N1C[C@@H](NC(=O)c2ccccc2)CO1. The van der Waals surface area contributed by atoms with E-state index in [1.165, 1.54) is 7.05 Å². The first-order valence-corrected chi connectivity index (χ1v) is 7.17. The van der Waals surface area contributed by atoms with Gasteiger partial charge in [-0.1, -0.05) is 22.7 Å². The maximum absolute atomic E-state index is 11.9. The minimum Gasteiger partial charge on any atom is -0.345 e. The number of hydroxylamine groups is 1. The van der Waals surface area contributed by atoms with E-state index in [0.717, 1.165) is 4.47 Å². The van der Waals surface area contributed by atoms with E-state index in [2.05, 4.69) is 10.0 Å². The average molecular weight is 285 g/mol. The van der Waals surface area contributed by atoms with Crippen molar-refractivity contribution in [2.24, 2.45) is 0 Å². The van der Waals surface area contributed by atoms with Crippen molar-refractivity contribution in [3.63, 3.8) is 0 Å². The van der Waals surface area contributed by atoms with Crippen molar-refractivity contribution in [2.45, 2.75) is 6.04 Å². The van der Waals surface area contributed by atoms with Gasteiger partial charge in [-0.3, -0.25) is 9.63 Å². The average Bonchev–Trinajstić information content (AvgIpc) is 2.89. The van der Waals surface area contributed by atoms with Gasteiger partial charge in [-0.25, -0.2) is 4.72 Å². The lowest BCUT2D eigenvalue weighted by Gasteiger charge is -2.13. The van der Waals surface area contributed by atoms with Crippen LogP contribution in [-0.2, 0) is 15.0 Å². The highest BCUT2D eigenvalue weighted by Gasteiger charge is 2.32. The molecule has 19 heavy (non-hydrogen) atoms. The molecule has 2 rings (SSSR count). The number of carbonyl (C=O) groups is 1. The Morgan fingerprint density at radius 2 is 2.05 bits per heavy atom. The molecule has 0 unspecified atom stereocenters. The Kier molecular flexibility index (Phi) is 4.15. The van der Waals surface area contributed by atoms with Crippen LogP contribution < -0.4 is 10.0 Å². The fraction of sp³-hybridized carbons (Fsp3) is 0.364. The van der Waals surface area contributed by atoms with E-state index < -0.39 is 10.2 Å². The molecule has 8 heteroatoms. The van der Waals surface area contributed by atoms with Gasteiger partial charge in [-0.15, -0.1) is 0 Å². The van der Waals surface area contributed by atoms with E-state index in [9.17, 15) is 13.2 Å². The van der Waals surface area contributed by atoms with Crippen LogP contribution in [0.3, 0.4) is 0 Å². The molecule has 1 amide bonds. The predicted molar refractivity (Wildman–Crippen MR) is 68.3 cm³/mol.